The van der Waals surface area contributed by atoms with E-state index in [0.717, 1.165) is 42.6 Å². The molecule has 172 valence electrons. The highest BCUT2D eigenvalue weighted by Crippen LogP contribution is 2.28. The molecule has 0 atom stereocenters. The Morgan fingerprint density at radius 1 is 1.00 bits per heavy atom. The van der Waals surface area contributed by atoms with E-state index in [-0.39, 0.29) is 29.4 Å². The maximum absolute atomic E-state index is 14.0. The van der Waals surface area contributed by atoms with Gasteiger partial charge in [0, 0.05) is 38.0 Å². The van der Waals surface area contributed by atoms with E-state index in [2.05, 4.69) is 34.5 Å². The third-order valence-corrected chi connectivity index (χ3v) is 6.37. The Balaban J connectivity index is 1.30. The highest BCUT2D eigenvalue weighted by Gasteiger charge is 2.23. The monoisotopic (exact) mass is 446 g/mol. The van der Waals surface area contributed by atoms with Gasteiger partial charge in [0.05, 0.1) is 7.11 Å². The second kappa shape index (κ2) is 11.1. The Morgan fingerprint density at radius 3 is 2.15 bits per heavy atom. The summed E-state index contributed by atoms with van der Waals surface area (Å²) in [6, 6.07) is 25.7. The molecule has 1 amide bonds. The number of hydrogen-bond donors (Lipinski definition) is 1. The average Bonchev–Trinajstić information content (AvgIpc) is 2.85. The number of methoxy groups -OCH3 is 1. The number of carbonyl (C=O) groups is 1. The van der Waals surface area contributed by atoms with Crippen molar-refractivity contribution in [2.24, 2.45) is 0 Å². The van der Waals surface area contributed by atoms with Crippen LogP contribution in [-0.2, 0) is 11.3 Å². The number of piperidine rings is 1. The lowest BCUT2D eigenvalue weighted by molar-refractivity contribution is -0.122. The zero-order chi connectivity index (χ0) is 23.0. The standard InChI is InChI=1S/C28H31FN2O2/c1-33-27-13-12-21(18-26(27)29)20-31-16-14-24(15-17-31)30-28(32)19-25(22-8-4-2-5-9-22)23-10-6-3-7-11-23/h2-13,18,24-25H,14-17,19-20H2,1H3,(H,30,32). The summed E-state index contributed by atoms with van der Waals surface area (Å²) >= 11 is 0. The summed E-state index contributed by atoms with van der Waals surface area (Å²) in [6.45, 7) is 2.45. The van der Waals surface area contributed by atoms with E-state index in [4.69, 9.17) is 4.74 Å². The first-order valence-electron chi connectivity index (χ1n) is 11.6. The number of likely N-dealkylation sites (tertiary alicyclic amines) is 1. The van der Waals surface area contributed by atoms with Crippen LogP contribution in [0.5, 0.6) is 5.75 Å². The SMILES string of the molecule is COc1ccc(CN2CCC(NC(=O)CC(c3ccccc3)c3ccccc3)CC2)cc1F. The number of amides is 1. The Morgan fingerprint density at radius 2 is 1.61 bits per heavy atom. The van der Waals surface area contributed by atoms with Crippen molar-refractivity contribution in [1.29, 1.82) is 0 Å². The van der Waals surface area contributed by atoms with Gasteiger partial charge < -0.3 is 10.1 Å². The number of ether oxygens (including phenoxy) is 1. The minimum atomic E-state index is -0.330. The molecule has 0 aliphatic carbocycles. The van der Waals surface area contributed by atoms with Crippen molar-refractivity contribution in [3.05, 3.63) is 101 Å². The Hall–Kier alpha value is -3.18. The molecule has 1 aliphatic heterocycles. The van der Waals surface area contributed by atoms with Crippen molar-refractivity contribution < 1.29 is 13.9 Å². The molecule has 4 nitrogen and oxygen atoms in total. The number of nitrogens with one attached hydrogen (secondary N) is 1. The van der Waals surface area contributed by atoms with E-state index in [0.29, 0.717) is 13.0 Å². The van der Waals surface area contributed by atoms with E-state index < -0.39 is 0 Å². The molecule has 0 radical (unpaired) electrons. The quantitative estimate of drug-likeness (QED) is 0.521. The number of hydrogen-bond acceptors (Lipinski definition) is 3. The van der Waals surface area contributed by atoms with Crippen LogP contribution >= 0.6 is 0 Å². The highest BCUT2D eigenvalue weighted by atomic mass is 19.1. The lowest BCUT2D eigenvalue weighted by atomic mass is 9.88. The summed E-state index contributed by atoms with van der Waals surface area (Å²) in [5, 5.41) is 3.26. The molecule has 0 aromatic heterocycles. The molecule has 33 heavy (non-hydrogen) atoms. The number of nitrogens with zero attached hydrogens (tertiary/aromatic N) is 1. The first kappa shape index (κ1) is 23.0. The van der Waals surface area contributed by atoms with Gasteiger partial charge in [-0.15, -0.1) is 0 Å². The van der Waals surface area contributed by atoms with Crippen LogP contribution in [0, 0.1) is 5.82 Å². The summed E-state index contributed by atoms with van der Waals surface area (Å²) in [6.07, 6.45) is 2.22. The molecular weight excluding hydrogens is 415 g/mol. The van der Waals surface area contributed by atoms with Crippen molar-refractivity contribution in [3.63, 3.8) is 0 Å². The third-order valence-electron chi connectivity index (χ3n) is 6.37. The van der Waals surface area contributed by atoms with E-state index >= 15 is 0 Å². The van der Waals surface area contributed by atoms with Crippen molar-refractivity contribution in [2.75, 3.05) is 20.2 Å². The first-order chi connectivity index (χ1) is 16.1. The molecule has 4 rings (SSSR count). The van der Waals surface area contributed by atoms with Gasteiger partial charge in [0.25, 0.3) is 0 Å². The predicted molar refractivity (Wildman–Crippen MR) is 129 cm³/mol. The van der Waals surface area contributed by atoms with Crippen molar-refractivity contribution in [3.8, 4) is 5.75 Å². The van der Waals surface area contributed by atoms with E-state index in [1.54, 1.807) is 12.1 Å². The largest absolute Gasteiger partial charge is 0.494 e. The Labute approximate surface area is 195 Å². The maximum Gasteiger partial charge on any atom is 0.221 e. The van der Waals surface area contributed by atoms with Crippen molar-refractivity contribution in [1.82, 2.24) is 10.2 Å². The highest BCUT2D eigenvalue weighted by molar-refractivity contribution is 5.78. The fraction of sp³-hybridized carbons (Fsp3) is 0.321. The van der Waals surface area contributed by atoms with Gasteiger partial charge in [-0.25, -0.2) is 4.39 Å². The molecule has 1 saturated heterocycles. The fourth-order valence-electron chi connectivity index (χ4n) is 4.57. The van der Waals surface area contributed by atoms with Crippen LogP contribution < -0.4 is 10.1 Å². The van der Waals surface area contributed by atoms with Gasteiger partial charge in [-0.3, -0.25) is 9.69 Å². The molecule has 0 saturated carbocycles. The fourth-order valence-corrected chi connectivity index (χ4v) is 4.57. The topological polar surface area (TPSA) is 41.6 Å². The van der Waals surface area contributed by atoms with Crippen LogP contribution in [0.4, 0.5) is 4.39 Å². The molecule has 0 unspecified atom stereocenters. The van der Waals surface area contributed by atoms with Gasteiger partial charge >= 0.3 is 0 Å². The molecule has 5 heteroatoms. The summed E-state index contributed by atoms with van der Waals surface area (Å²) in [7, 11) is 1.47. The van der Waals surface area contributed by atoms with Crippen LogP contribution in [0.15, 0.2) is 78.9 Å². The maximum atomic E-state index is 14.0. The lowest BCUT2D eigenvalue weighted by Gasteiger charge is -2.32. The molecule has 3 aromatic rings. The number of carbonyl (C=O) groups excluding carboxylic acids is 1. The van der Waals surface area contributed by atoms with Crippen LogP contribution in [0.3, 0.4) is 0 Å². The Bertz CT molecular complexity index is 995. The van der Waals surface area contributed by atoms with Crippen LogP contribution in [0.1, 0.15) is 41.9 Å². The zero-order valence-corrected chi connectivity index (χ0v) is 19.0. The lowest BCUT2D eigenvalue weighted by Crippen LogP contribution is -2.44. The number of benzene rings is 3. The summed E-state index contributed by atoms with van der Waals surface area (Å²) in [5.41, 5.74) is 3.24. The molecule has 1 heterocycles. The predicted octanol–water partition coefficient (Wildman–Crippen LogP) is 5.14. The first-order valence-corrected chi connectivity index (χ1v) is 11.6. The second-order valence-electron chi connectivity index (χ2n) is 8.66. The van der Waals surface area contributed by atoms with Crippen molar-refractivity contribution in [2.45, 2.75) is 37.8 Å². The van der Waals surface area contributed by atoms with Gasteiger partial charge in [0.2, 0.25) is 5.91 Å². The summed E-state index contributed by atoms with van der Waals surface area (Å²) in [4.78, 5) is 15.3. The van der Waals surface area contributed by atoms with Gasteiger partial charge in [0.15, 0.2) is 11.6 Å². The van der Waals surface area contributed by atoms with Crippen LogP contribution in [-0.4, -0.2) is 37.0 Å². The minimum absolute atomic E-state index is 0.0393. The van der Waals surface area contributed by atoms with E-state index in [9.17, 15) is 9.18 Å². The molecule has 1 N–H and O–H groups in total. The van der Waals surface area contributed by atoms with E-state index in [1.165, 1.54) is 7.11 Å². The van der Waals surface area contributed by atoms with Crippen LogP contribution in [0.25, 0.3) is 0 Å². The molecular formula is C28H31FN2O2. The average molecular weight is 447 g/mol. The number of halogens is 1. The zero-order valence-electron chi connectivity index (χ0n) is 19.0. The normalized spacial score (nSPS) is 14.9. The molecule has 3 aromatic carbocycles. The van der Waals surface area contributed by atoms with Gasteiger partial charge in [-0.2, -0.15) is 0 Å². The summed E-state index contributed by atoms with van der Waals surface area (Å²) in [5.74, 6) is 0.0638. The molecule has 1 fully saturated rings. The minimum Gasteiger partial charge on any atom is -0.494 e. The molecule has 0 bridgehead atoms. The second-order valence-corrected chi connectivity index (χ2v) is 8.66. The third kappa shape index (κ3) is 6.20. The molecule has 1 aliphatic rings. The Kier molecular flexibility index (Phi) is 7.74. The van der Waals surface area contributed by atoms with Gasteiger partial charge in [0.1, 0.15) is 0 Å². The van der Waals surface area contributed by atoms with Gasteiger partial charge in [-0.05, 0) is 41.7 Å². The van der Waals surface area contributed by atoms with Gasteiger partial charge in [-0.1, -0.05) is 66.7 Å². The summed E-state index contributed by atoms with van der Waals surface area (Å²) < 4.78 is 19.0. The smallest absolute Gasteiger partial charge is 0.221 e. The number of rotatable bonds is 8. The molecule has 0 spiro atoms. The van der Waals surface area contributed by atoms with E-state index in [1.807, 2.05) is 42.5 Å². The van der Waals surface area contributed by atoms with Crippen molar-refractivity contribution >= 4 is 5.91 Å². The van der Waals surface area contributed by atoms with Crippen LogP contribution in [0.2, 0.25) is 0 Å².